The van der Waals surface area contributed by atoms with E-state index in [-0.39, 0.29) is 30.9 Å². The fraction of sp³-hybridized carbons (Fsp3) is 0.283. The number of carbonyl (C=O) groups is 3. The molecule has 296 valence electrons. The zero-order chi connectivity index (χ0) is 40.4. The second-order valence-corrected chi connectivity index (χ2v) is 16.3. The Bertz CT molecular complexity index is 2020. The van der Waals surface area contributed by atoms with Crippen LogP contribution in [-0.4, -0.2) is 54.5 Å². The van der Waals surface area contributed by atoms with Crippen LogP contribution in [0.25, 0.3) is 0 Å². The number of benzene rings is 5. The topological polar surface area (TPSA) is 132 Å². The van der Waals surface area contributed by atoms with Crippen LogP contribution in [0.3, 0.4) is 0 Å². The van der Waals surface area contributed by atoms with E-state index in [1.165, 1.54) is 6.07 Å². The van der Waals surface area contributed by atoms with Crippen molar-refractivity contribution in [3.63, 3.8) is 0 Å². The van der Waals surface area contributed by atoms with Crippen LogP contribution in [-0.2, 0) is 20.7 Å². The summed E-state index contributed by atoms with van der Waals surface area (Å²) in [5.74, 6) is -1.34. The monoisotopic (exact) mass is 788 g/mol. The molecule has 3 amide bonds. The van der Waals surface area contributed by atoms with Gasteiger partial charge in [0, 0.05) is 36.7 Å². The number of primary amides is 1. The molecule has 11 heteroatoms. The lowest BCUT2D eigenvalue weighted by molar-refractivity contribution is -0.119. The summed E-state index contributed by atoms with van der Waals surface area (Å²) in [6, 6.07) is 40.6. The van der Waals surface area contributed by atoms with Gasteiger partial charge in [-0.05, 0) is 55.2 Å². The Hall–Kier alpha value is -5.65. The molecular weight excluding hydrogens is 740 g/mol. The molecule has 6 rings (SSSR count). The number of alkyl carbamates (subject to hydrolysis) is 1. The molecule has 0 aromatic heterocycles. The summed E-state index contributed by atoms with van der Waals surface area (Å²) in [5.41, 5.74) is 9.44. The van der Waals surface area contributed by atoms with Crippen molar-refractivity contribution in [2.45, 2.75) is 62.1 Å². The molecule has 0 aliphatic carbocycles. The van der Waals surface area contributed by atoms with Crippen molar-refractivity contribution in [1.29, 1.82) is 0 Å². The second kappa shape index (κ2) is 18.5. The summed E-state index contributed by atoms with van der Waals surface area (Å²) in [5, 5.41) is 9.34. The van der Waals surface area contributed by atoms with Gasteiger partial charge in [-0.3, -0.25) is 9.59 Å². The van der Waals surface area contributed by atoms with Crippen molar-refractivity contribution in [2.75, 3.05) is 18.9 Å². The number of amides is 3. The number of hydrogen-bond acceptors (Lipinski definition) is 7. The maximum absolute atomic E-state index is 15.4. The highest BCUT2D eigenvalue weighted by Crippen LogP contribution is 2.48. The molecule has 0 saturated carbocycles. The Balaban J connectivity index is 1.28. The molecule has 0 spiro atoms. The maximum Gasteiger partial charge on any atom is 0.407 e. The minimum absolute atomic E-state index is 0.0341. The Morgan fingerprint density at radius 3 is 1.89 bits per heavy atom. The molecule has 5 N–H and O–H groups in total. The van der Waals surface area contributed by atoms with Crippen LogP contribution >= 0.6 is 11.8 Å². The number of fused-ring (bicyclic) bond motifs is 1. The minimum atomic E-state index is -1.02. The molecule has 1 unspecified atom stereocenters. The summed E-state index contributed by atoms with van der Waals surface area (Å²) in [6.07, 6.45) is 0.0923. The highest BCUT2D eigenvalue weighted by Gasteiger charge is 2.38. The smallest absolute Gasteiger partial charge is 0.407 e. The van der Waals surface area contributed by atoms with Gasteiger partial charge in [-0.25, -0.2) is 9.18 Å². The zero-order valence-electron chi connectivity index (χ0n) is 32.4. The van der Waals surface area contributed by atoms with E-state index >= 15 is 4.39 Å². The molecule has 1 aliphatic heterocycles. The van der Waals surface area contributed by atoms with Gasteiger partial charge in [0.25, 0.3) is 5.91 Å². The molecule has 1 heterocycles. The number of thioether (sulfide) groups is 1. The quantitative estimate of drug-likeness (QED) is 0.0801. The molecular formula is C46H49FN4O5S. The van der Waals surface area contributed by atoms with E-state index in [1.807, 2.05) is 106 Å². The fourth-order valence-electron chi connectivity index (χ4n) is 7.06. The molecule has 9 nitrogen and oxygen atoms in total. The third-order valence-corrected chi connectivity index (χ3v) is 11.4. The van der Waals surface area contributed by atoms with Crippen LogP contribution < -0.4 is 26.4 Å². The molecule has 3 atom stereocenters. The van der Waals surface area contributed by atoms with Gasteiger partial charge in [0.1, 0.15) is 23.2 Å². The van der Waals surface area contributed by atoms with Crippen LogP contribution in [0.5, 0.6) is 5.75 Å². The molecule has 1 aliphatic rings. The number of carbonyl (C=O) groups excluding carboxylic acids is 3. The van der Waals surface area contributed by atoms with Crippen molar-refractivity contribution in [2.24, 2.45) is 5.73 Å². The fourth-order valence-corrected chi connectivity index (χ4v) is 8.62. The van der Waals surface area contributed by atoms with E-state index in [1.54, 1.807) is 11.8 Å². The first kappa shape index (κ1) is 41.0. The lowest BCUT2D eigenvalue weighted by Crippen LogP contribution is -2.47. The van der Waals surface area contributed by atoms with Crippen molar-refractivity contribution < 1.29 is 28.2 Å². The predicted octanol–water partition coefficient (Wildman–Crippen LogP) is 7.68. The summed E-state index contributed by atoms with van der Waals surface area (Å²) >= 11 is 1.70. The normalized spacial score (nSPS) is 15.0. The number of nitrogens with two attached hydrogens (primary N) is 1. The average molecular weight is 789 g/mol. The van der Waals surface area contributed by atoms with E-state index in [2.05, 4.69) is 52.3 Å². The molecule has 57 heavy (non-hydrogen) atoms. The van der Waals surface area contributed by atoms with Crippen molar-refractivity contribution in [3.05, 3.63) is 173 Å². The van der Waals surface area contributed by atoms with Crippen LogP contribution in [0.2, 0.25) is 0 Å². The predicted molar refractivity (Wildman–Crippen MR) is 223 cm³/mol. The summed E-state index contributed by atoms with van der Waals surface area (Å²) in [4.78, 5) is 39.4. The van der Waals surface area contributed by atoms with E-state index in [4.69, 9.17) is 15.2 Å². The lowest BCUT2D eigenvalue weighted by atomic mass is 9.84. The number of nitrogens with one attached hydrogen (secondary N) is 3. The standard InChI is InChI=1S/C46H49FN4O5S/c1-45(2,3)56-44(54)50-36(30-57-46(32-18-10-5-11-19-32,33-20-12-6-13-21-33)34-22-14-7-15-23-34)29-49-39-24-25-55-41-37(39)27-35(47)28-38(41)43(53)51-40(42(48)52)26-31-16-8-4-9-17-31/h4-23,27-28,36,39-40,49H,24-26,29-30H2,1-3H3,(H2,48,52)(H,50,54)(H,51,53)/t36-,39?,40+/m1/s1. The second-order valence-electron chi connectivity index (χ2n) is 15.0. The van der Waals surface area contributed by atoms with Crippen LogP contribution in [0.15, 0.2) is 133 Å². The van der Waals surface area contributed by atoms with Crippen LogP contribution in [0.4, 0.5) is 9.18 Å². The lowest BCUT2D eigenvalue weighted by Gasteiger charge is -2.37. The number of halogens is 1. The van der Waals surface area contributed by atoms with Gasteiger partial charge >= 0.3 is 6.09 Å². The van der Waals surface area contributed by atoms with E-state index in [0.29, 0.717) is 17.7 Å². The maximum atomic E-state index is 15.4. The summed E-state index contributed by atoms with van der Waals surface area (Å²) in [6.45, 7) is 5.97. The van der Waals surface area contributed by atoms with E-state index in [0.717, 1.165) is 28.3 Å². The first-order valence-electron chi connectivity index (χ1n) is 19.1. The van der Waals surface area contributed by atoms with Gasteiger partial charge in [-0.1, -0.05) is 121 Å². The SMILES string of the molecule is CC(C)(C)OC(=O)N[C@H](CNC1CCOc2c(C(=O)N[C@@H](Cc3ccccc3)C(N)=O)cc(F)cc21)CSC(c1ccccc1)(c1ccccc1)c1ccccc1. The van der Waals surface area contributed by atoms with E-state index < -0.39 is 52.2 Å². The molecule has 0 bridgehead atoms. The zero-order valence-corrected chi connectivity index (χ0v) is 33.2. The minimum Gasteiger partial charge on any atom is -0.492 e. The highest BCUT2D eigenvalue weighted by atomic mass is 32.2. The summed E-state index contributed by atoms with van der Waals surface area (Å²) < 4.78 is 26.4. The third-order valence-electron chi connectivity index (χ3n) is 9.66. The van der Waals surface area contributed by atoms with Gasteiger partial charge in [-0.2, -0.15) is 0 Å². The number of rotatable bonds is 15. The largest absolute Gasteiger partial charge is 0.492 e. The molecule has 0 radical (unpaired) electrons. The Morgan fingerprint density at radius 1 is 0.825 bits per heavy atom. The van der Waals surface area contributed by atoms with Gasteiger partial charge < -0.3 is 31.2 Å². The van der Waals surface area contributed by atoms with Gasteiger partial charge in [0.15, 0.2) is 0 Å². The Kier molecular flexibility index (Phi) is 13.3. The van der Waals surface area contributed by atoms with Gasteiger partial charge in [-0.15, -0.1) is 11.8 Å². The first-order valence-corrected chi connectivity index (χ1v) is 20.1. The van der Waals surface area contributed by atoms with Gasteiger partial charge in [0.05, 0.1) is 23.0 Å². The molecule has 0 fully saturated rings. The van der Waals surface area contributed by atoms with Gasteiger partial charge in [0.2, 0.25) is 5.91 Å². The molecule has 5 aromatic rings. The van der Waals surface area contributed by atoms with Crippen LogP contribution in [0, 0.1) is 5.82 Å². The highest BCUT2D eigenvalue weighted by molar-refractivity contribution is 8.00. The Morgan fingerprint density at radius 2 is 1.37 bits per heavy atom. The van der Waals surface area contributed by atoms with Crippen LogP contribution in [0.1, 0.15) is 71.4 Å². The number of hydrogen-bond donors (Lipinski definition) is 4. The first-order chi connectivity index (χ1) is 27.4. The van der Waals surface area contributed by atoms with E-state index in [9.17, 15) is 14.4 Å². The Labute approximate surface area is 337 Å². The average Bonchev–Trinajstić information content (AvgIpc) is 3.20. The van der Waals surface area contributed by atoms with Crippen molar-refractivity contribution in [3.8, 4) is 5.75 Å². The third kappa shape index (κ3) is 10.4. The van der Waals surface area contributed by atoms with Crippen molar-refractivity contribution in [1.82, 2.24) is 16.0 Å². The number of ether oxygens (including phenoxy) is 2. The summed E-state index contributed by atoms with van der Waals surface area (Å²) in [7, 11) is 0. The molecule has 5 aromatic carbocycles. The molecule has 0 saturated heterocycles. The van der Waals surface area contributed by atoms with Crippen molar-refractivity contribution >= 4 is 29.7 Å².